The van der Waals surface area contributed by atoms with Crippen molar-refractivity contribution >= 4 is 17.3 Å². The molecule has 0 aliphatic carbocycles. The lowest BCUT2D eigenvalue weighted by molar-refractivity contribution is 0.311. The highest BCUT2D eigenvalue weighted by molar-refractivity contribution is 7.80. The van der Waals surface area contributed by atoms with Crippen molar-refractivity contribution in [3.05, 3.63) is 54.1 Å². The summed E-state index contributed by atoms with van der Waals surface area (Å²) in [4.78, 5) is 6.92. The van der Waals surface area contributed by atoms with E-state index in [1.54, 1.807) is 0 Å². The molecule has 2 aromatic heterocycles. The van der Waals surface area contributed by atoms with Crippen LogP contribution in [0.4, 0.5) is 0 Å². The van der Waals surface area contributed by atoms with Crippen molar-refractivity contribution < 1.29 is 0 Å². The minimum atomic E-state index is 0.0690. The number of thiocarbonyl (C=S) groups is 1. The van der Waals surface area contributed by atoms with Crippen LogP contribution in [0, 0.1) is 0 Å². The Balaban J connectivity index is 1.98. The van der Waals surface area contributed by atoms with Crippen molar-refractivity contribution in [2.24, 2.45) is 0 Å². The third kappa shape index (κ3) is 3.71. The second-order valence-electron chi connectivity index (χ2n) is 7.70. The van der Waals surface area contributed by atoms with E-state index in [2.05, 4.69) is 72.0 Å². The van der Waals surface area contributed by atoms with Gasteiger partial charge in [0.1, 0.15) is 0 Å². The Hall–Kier alpha value is -1.88. The van der Waals surface area contributed by atoms with Gasteiger partial charge >= 0.3 is 0 Å². The number of pyridine rings is 1. The van der Waals surface area contributed by atoms with Gasteiger partial charge in [-0.3, -0.25) is 4.98 Å². The molecule has 2 aromatic rings. The zero-order valence-corrected chi connectivity index (χ0v) is 16.4. The first-order valence-electron chi connectivity index (χ1n) is 9.08. The van der Waals surface area contributed by atoms with E-state index in [-0.39, 0.29) is 17.6 Å². The molecule has 0 unspecified atom stereocenters. The van der Waals surface area contributed by atoms with E-state index < -0.39 is 0 Å². The predicted molar refractivity (Wildman–Crippen MR) is 106 cm³/mol. The van der Waals surface area contributed by atoms with Crippen LogP contribution < -0.4 is 5.32 Å². The van der Waals surface area contributed by atoms with Crippen LogP contribution in [0.2, 0.25) is 0 Å². The lowest BCUT2D eigenvalue weighted by Gasteiger charge is -2.27. The third-order valence-corrected chi connectivity index (χ3v) is 5.13. The summed E-state index contributed by atoms with van der Waals surface area (Å²) in [5.74, 6) is 0. The van der Waals surface area contributed by atoms with Crippen LogP contribution in [-0.2, 0) is 5.54 Å². The summed E-state index contributed by atoms with van der Waals surface area (Å²) in [6.07, 6.45) is 8.57. The quantitative estimate of drug-likeness (QED) is 0.805. The summed E-state index contributed by atoms with van der Waals surface area (Å²) in [6.45, 7) is 9.85. The molecular weight excluding hydrogens is 328 g/mol. The molecule has 1 N–H and O–H groups in total. The van der Waals surface area contributed by atoms with E-state index >= 15 is 0 Å². The van der Waals surface area contributed by atoms with E-state index in [0.717, 1.165) is 30.2 Å². The molecule has 0 spiro atoms. The molecule has 3 rings (SSSR count). The molecule has 134 valence electrons. The van der Waals surface area contributed by atoms with Gasteiger partial charge in [0.15, 0.2) is 5.11 Å². The van der Waals surface area contributed by atoms with Crippen molar-refractivity contribution in [3.63, 3.8) is 0 Å². The Morgan fingerprint density at radius 1 is 1.24 bits per heavy atom. The van der Waals surface area contributed by atoms with E-state index in [9.17, 15) is 0 Å². The average Bonchev–Trinajstić information content (AvgIpc) is 3.18. The molecule has 1 aliphatic heterocycles. The largest absolute Gasteiger partial charge is 0.352 e. The van der Waals surface area contributed by atoms with Gasteiger partial charge in [0.2, 0.25) is 0 Å². The highest BCUT2D eigenvalue weighted by Crippen LogP contribution is 2.39. The second kappa shape index (κ2) is 7.16. The van der Waals surface area contributed by atoms with E-state index in [1.807, 2.05) is 18.3 Å². The maximum atomic E-state index is 5.67. The average molecular weight is 357 g/mol. The number of nitrogens with zero attached hydrogens (tertiary/aromatic N) is 3. The lowest BCUT2D eigenvalue weighted by Crippen LogP contribution is -2.30. The Kier molecular flexibility index (Phi) is 5.13. The Morgan fingerprint density at radius 3 is 2.64 bits per heavy atom. The van der Waals surface area contributed by atoms with Crippen molar-refractivity contribution in [1.82, 2.24) is 19.8 Å². The molecule has 5 heteroatoms. The molecule has 3 heterocycles. The lowest BCUT2D eigenvalue weighted by atomic mass is 9.99. The van der Waals surface area contributed by atoms with Crippen LogP contribution in [0.5, 0.6) is 0 Å². The smallest absolute Gasteiger partial charge is 0.170 e. The first-order chi connectivity index (χ1) is 11.9. The number of rotatable bonds is 5. The second-order valence-corrected chi connectivity index (χ2v) is 8.08. The van der Waals surface area contributed by atoms with Gasteiger partial charge in [-0.2, -0.15) is 0 Å². The Morgan fingerprint density at radius 2 is 2.04 bits per heavy atom. The summed E-state index contributed by atoms with van der Waals surface area (Å²) in [5, 5.41) is 4.34. The monoisotopic (exact) mass is 356 g/mol. The fraction of sp³-hybridized carbons (Fsp3) is 0.500. The predicted octanol–water partition coefficient (Wildman–Crippen LogP) is 4.41. The van der Waals surface area contributed by atoms with Crippen molar-refractivity contribution in [2.45, 2.75) is 58.2 Å². The number of aromatic nitrogens is 2. The minimum Gasteiger partial charge on any atom is -0.352 e. The first-order valence-corrected chi connectivity index (χ1v) is 9.49. The minimum absolute atomic E-state index is 0.0690. The SMILES string of the molecule is CCCCN1C(=S)N[C@H](c2ccccn2)[C@@H]1c1ccn(C(C)(C)C)c1. The molecule has 2 atom stereocenters. The van der Waals surface area contributed by atoms with Gasteiger partial charge in [-0.05, 0) is 63.2 Å². The topological polar surface area (TPSA) is 33.1 Å². The van der Waals surface area contributed by atoms with Crippen molar-refractivity contribution in [1.29, 1.82) is 0 Å². The van der Waals surface area contributed by atoms with Gasteiger partial charge in [0.05, 0.1) is 17.8 Å². The van der Waals surface area contributed by atoms with E-state index in [1.165, 1.54) is 5.56 Å². The van der Waals surface area contributed by atoms with Gasteiger partial charge in [-0.1, -0.05) is 19.4 Å². The first kappa shape index (κ1) is 17.9. The molecule has 0 bridgehead atoms. The summed E-state index contributed by atoms with van der Waals surface area (Å²) in [5.41, 5.74) is 2.39. The third-order valence-electron chi connectivity index (χ3n) is 4.78. The van der Waals surface area contributed by atoms with Gasteiger partial charge in [0.25, 0.3) is 0 Å². The molecule has 1 aliphatic rings. The highest BCUT2D eigenvalue weighted by atomic mass is 32.1. The number of hydrogen-bond acceptors (Lipinski definition) is 2. The van der Waals surface area contributed by atoms with Gasteiger partial charge in [-0.25, -0.2) is 0 Å². The molecule has 1 saturated heterocycles. The fourth-order valence-electron chi connectivity index (χ4n) is 3.34. The van der Waals surface area contributed by atoms with Crippen LogP contribution in [-0.4, -0.2) is 26.1 Å². The summed E-state index contributed by atoms with van der Waals surface area (Å²) < 4.78 is 2.27. The summed E-state index contributed by atoms with van der Waals surface area (Å²) >= 11 is 5.67. The van der Waals surface area contributed by atoms with E-state index in [0.29, 0.717) is 0 Å². The van der Waals surface area contributed by atoms with E-state index in [4.69, 9.17) is 12.2 Å². The van der Waals surface area contributed by atoms with Crippen LogP contribution in [0.25, 0.3) is 0 Å². The zero-order chi connectivity index (χ0) is 18.0. The van der Waals surface area contributed by atoms with Crippen molar-refractivity contribution in [2.75, 3.05) is 6.54 Å². The van der Waals surface area contributed by atoms with Crippen LogP contribution in [0.15, 0.2) is 42.9 Å². The molecular formula is C20H28N4S. The fourth-order valence-corrected chi connectivity index (χ4v) is 3.68. The maximum absolute atomic E-state index is 5.67. The number of unbranched alkanes of at least 4 members (excludes halogenated alkanes) is 1. The highest BCUT2D eigenvalue weighted by Gasteiger charge is 2.39. The summed E-state index contributed by atoms with van der Waals surface area (Å²) in [7, 11) is 0. The normalized spacial score (nSPS) is 20.8. The molecule has 0 amide bonds. The van der Waals surface area contributed by atoms with Crippen LogP contribution >= 0.6 is 12.2 Å². The Labute approximate surface area is 156 Å². The Bertz CT molecular complexity index is 717. The maximum Gasteiger partial charge on any atom is 0.170 e. The number of hydrogen-bond donors (Lipinski definition) is 1. The molecule has 25 heavy (non-hydrogen) atoms. The molecule has 0 radical (unpaired) electrons. The number of nitrogens with one attached hydrogen (secondary N) is 1. The molecule has 0 saturated carbocycles. The standard InChI is InChI=1S/C20H28N4S/c1-5-6-12-24-18(15-10-13-23(14-15)20(2,3)4)17(22-19(24)25)16-9-7-8-11-21-16/h7-11,13-14,17-18H,5-6,12H2,1-4H3,(H,22,25)/t17-,18+/m1/s1. The molecule has 4 nitrogen and oxygen atoms in total. The van der Waals surface area contributed by atoms with Gasteiger partial charge < -0.3 is 14.8 Å². The van der Waals surface area contributed by atoms with Gasteiger partial charge in [0, 0.05) is 30.7 Å². The zero-order valence-electron chi connectivity index (χ0n) is 15.6. The molecule has 0 aromatic carbocycles. The molecule has 1 fully saturated rings. The van der Waals surface area contributed by atoms with Gasteiger partial charge in [-0.15, -0.1) is 0 Å². The van der Waals surface area contributed by atoms with Crippen LogP contribution in [0.1, 0.15) is 63.9 Å². The van der Waals surface area contributed by atoms with Crippen LogP contribution in [0.3, 0.4) is 0 Å². The van der Waals surface area contributed by atoms with Crippen molar-refractivity contribution in [3.8, 4) is 0 Å². The summed E-state index contributed by atoms with van der Waals surface area (Å²) in [6, 6.07) is 8.56.